The van der Waals surface area contributed by atoms with Crippen molar-refractivity contribution in [3.05, 3.63) is 69.7 Å². The Kier molecular flexibility index (Phi) is 7.19. The SMILES string of the molecule is O=C(NC1CCCCC1)N1CC[C@H](OC(c2ccc(Cl)cc2)c2ccc(Cl)cc2)C1. The maximum absolute atomic E-state index is 12.7. The first-order valence-corrected chi connectivity index (χ1v) is 11.6. The van der Waals surface area contributed by atoms with E-state index >= 15 is 0 Å². The van der Waals surface area contributed by atoms with Crippen LogP contribution in [-0.4, -0.2) is 36.2 Å². The van der Waals surface area contributed by atoms with E-state index in [2.05, 4.69) is 5.32 Å². The molecule has 1 atom stereocenters. The van der Waals surface area contributed by atoms with E-state index in [1.54, 1.807) is 0 Å². The average molecular weight is 447 g/mol. The Labute approximate surface area is 188 Å². The standard InChI is InChI=1S/C24H28Cl2N2O2/c25-19-10-6-17(7-11-19)23(18-8-12-20(26)13-9-18)30-22-14-15-28(16-22)24(29)27-21-4-2-1-3-5-21/h6-13,21-23H,1-5,14-16H2,(H,27,29)/t22-/m0/s1. The average Bonchev–Trinajstić information content (AvgIpc) is 3.23. The molecule has 1 heterocycles. The lowest BCUT2D eigenvalue weighted by Crippen LogP contribution is -2.44. The molecule has 1 aliphatic heterocycles. The van der Waals surface area contributed by atoms with Crippen LogP contribution in [0, 0.1) is 0 Å². The first kappa shape index (κ1) is 21.5. The Balaban J connectivity index is 1.42. The van der Waals surface area contributed by atoms with Crippen molar-refractivity contribution in [2.75, 3.05) is 13.1 Å². The molecule has 1 saturated carbocycles. The summed E-state index contributed by atoms with van der Waals surface area (Å²) in [5.41, 5.74) is 2.07. The van der Waals surface area contributed by atoms with Gasteiger partial charge in [-0.1, -0.05) is 66.7 Å². The van der Waals surface area contributed by atoms with E-state index in [1.807, 2.05) is 53.4 Å². The van der Waals surface area contributed by atoms with E-state index < -0.39 is 0 Å². The molecule has 6 heteroatoms. The highest BCUT2D eigenvalue weighted by Crippen LogP contribution is 2.31. The van der Waals surface area contributed by atoms with Crippen LogP contribution in [0.4, 0.5) is 4.79 Å². The summed E-state index contributed by atoms with van der Waals surface area (Å²) in [6.07, 6.45) is 6.47. The third-order valence-electron chi connectivity index (χ3n) is 6.04. The number of hydrogen-bond acceptors (Lipinski definition) is 2. The monoisotopic (exact) mass is 446 g/mol. The maximum atomic E-state index is 12.7. The van der Waals surface area contributed by atoms with Gasteiger partial charge in [0.15, 0.2) is 0 Å². The van der Waals surface area contributed by atoms with Gasteiger partial charge in [-0.2, -0.15) is 0 Å². The Morgan fingerprint density at radius 3 is 2.03 bits per heavy atom. The minimum atomic E-state index is -0.231. The molecule has 0 radical (unpaired) electrons. The van der Waals surface area contributed by atoms with Gasteiger partial charge in [0.1, 0.15) is 6.10 Å². The normalized spacial score (nSPS) is 20.0. The largest absolute Gasteiger partial charge is 0.364 e. The van der Waals surface area contributed by atoms with Crippen molar-refractivity contribution < 1.29 is 9.53 Å². The molecule has 0 unspecified atom stereocenters. The molecule has 2 aliphatic rings. The smallest absolute Gasteiger partial charge is 0.317 e. The van der Waals surface area contributed by atoms with Gasteiger partial charge >= 0.3 is 6.03 Å². The van der Waals surface area contributed by atoms with Crippen molar-refractivity contribution in [1.29, 1.82) is 0 Å². The van der Waals surface area contributed by atoms with E-state index in [9.17, 15) is 4.79 Å². The van der Waals surface area contributed by atoms with Crippen LogP contribution >= 0.6 is 23.2 Å². The number of carbonyl (C=O) groups is 1. The fourth-order valence-corrected chi connectivity index (χ4v) is 4.61. The second kappa shape index (κ2) is 10.0. The maximum Gasteiger partial charge on any atom is 0.317 e. The third kappa shape index (κ3) is 5.48. The lowest BCUT2D eigenvalue weighted by Gasteiger charge is -2.27. The summed E-state index contributed by atoms with van der Waals surface area (Å²) >= 11 is 12.2. The van der Waals surface area contributed by atoms with Crippen LogP contribution in [-0.2, 0) is 4.74 Å². The number of likely N-dealkylation sites (tertiary alicyclic amines) is 1. The van der Waals surface area contributed by atoms with Gasteiger partial charge in [-0.25, -0.2) is 4.79 Å². The number of nitrogens with zero attached hydrogens (tertiary/aromatic N) is 1. The Hall–Kier alpha value is -1.75. The number of nitrogens with one attached hydrogen (secondary N) is 1. The van der Waals surface area contributed by atoms with Crippen molar-refractivity contribution in [2.24, 2.45) is 0 Å². The highest BCUT2D eigenvalue weighted by atomic mass is 35.5. The molecule has 30 heavy (non-hydrogen) atoms. The summed E-state index contributed by atoms with van der Waals surface area (Å²) in [6, 6.07) is 15.8. The number of benzene rings is 2. The summed E-state index contributed by atoms with van der Waals surface area (Å²) in [5.74, 6) is 0. The van der Waals surface area contributed by atoms with E-state index in [0.29, 0.717) is 22.6 Å². The van der Waals surface area contributed by atoms with Gasteiger partial charge < -0.3 is 15.0 Å². The lowest BCUT2D eigenvalue weighted by atomic mass is 9.96. The van der Waals surface area contributed by atoms with Gasteiger partial charge in [0.05, 0.1) is 6.10 Å². The number of urea groups is 1. The highest BCUT2D eigenvalue weighted by molar-refractivity contribution is 6.30. The topological polar surface area (TPSA) is 41.6 Å². The number of rotatable bonds is 5. The molecule has 2 aromatic carbocycles. The van der Waals surface area contributed by atoms with Crippen LogP contribution in [0.25, 0.3) is 0 Å². The molecule has 4 nitrogen and oxygen atoms in total. The van der Waals surface area contributed by atoms with Gasteiger partial charge in [-0.3, -0.25) is 0 Å². The van der Waals surface area contributed by atoms with Crippen molar-refractivity contribution in [2.45, 2.75) is 56.8 Å². The van der Waals surface area contributed by atoms with E-state index in [4.69, 9.17) is 27.9 Å². The van der Waals surface area contributed by atoms with Crippen molar-refractivity contribution >= 4 is 29.2 Å². The van der Waals surface area contributed by atoms with Crippen LogP contribution < -0.4 is 5.32 Å². The molecule has 2 amide bonds. The molecule has 0 spiro atoms. The fraction of sp³-hybridized carbons (Fsp3) is 0.458. The molecule has 160 valence electrons. The van der Waals surface area contributed by atoms with Gasteiger partial charge in [-0.15, -0.1) is 0 Å². The first-order valence-electron chi connectivity index (χ1n) is 10.8. The predicted molar refractivity (Wildman–Crippen MR) is 121 cm³/mol. The summed E-state index contributed by atoms with van der Waals surface area (Å²) in [6.45, 7) is 1.33. The minimum absolute atomic E-state index is 0.0153. The zero-order valence-corrected chi connectivity index (χ0v) is 18.5. The van der Waals surface area contributed by atoms with E-state index in [1.165, 1.54) is 19.3 Å². The Bertz CT molecular complexity index is 790. The van der Waals surface area contributed by atoms with Crippen molar-refractivity contribution in [3.63, 3.8) is 0 Å². The molecule has 1 N–H and O–H groups in total. The summed E-state index contributed by atoms with van der Waals surface area (Å²) < 4.78 is 6.53. The zero-order chi connectivity index (χ0) is 20.9. The number of halogens is 2. The molecule has 1 saturated heterocycles. The molecule has 0 bridgehead atoms. The Morgan fingerprint density at radius 2 is 1.47 bits per heavy atom. The first-order chi connectivity index (χ1) is 14.6. The quantitative estimate of drug-likeness (QED) is 0.592. The number of hydrogen-bond donors (Lipinski definition) is 1. The molecule has 1 aliphatic carbocycles. The summed E-state index contributed by atoms with van der Waals surface area (Å²) in [7, 11) is 0. The second-order valence-corrected chi connectivity index (χ2v) is 9.13. The zero-order valence-electron chi connectivity index (χ0n) is 17.0. The molecular weight excluding hydrogens is 419 g/mol. The van der Waals surface area contributed by atoms with Gasteiger partial charge in [0.25, 0.3) is 0 Å². The van der Waals surface area contributed by atoms with Crippen LogP contribution in [0.2, 0.25) is 10.0 Å². The Morgan fingerprint density at radius 1 is 0.900 bits per heavy atom. The number of amides is 2. The van der Waals surface area contributed by atoms with E-state index in [0.717, 1.165) is 36.9 Å². The lowest BCUT2D eigenvalue weighted by molar-refractivity contribution is 0.0159. The minimum Gasteiger partial charge on any atom is -0.364 e. The molecule has 0 aromatic heterocycles. The molecule has 2 aromatic rings. The predicted octanol–water partition coefficient (Wildman–Crippen LogP) is 6.22. The number of carbonyl (C=O) groups excluding carboxylic acids is 1. The van der Waals surface area contributed by atoms with Crippen LogP contribution in [0.15, 0.2) is 48.5 Å². The van der Waals surface area contributed by atoms with E-state index in [-0.39, 0.29) is 18.2 Å². The summed E-state index contributed by atoms with van der Waals surface area (Å²) in [5, 5.41) is 4.60. The molecule has 4 rings (SSSR count). The summed E-state index contributed by atoms with van der Waals surface area (Å²) in [4.78, 5) is 14.6. The van der Waals surface area contributed by atoms with Gasteiger partial charge in [0.2, 0.25) is 0 Å². The van der Waals surface area contributed by atoms with Crippen LogP contribution in [0.5, 0.6) is 0 Å². The van der Waals surface area contributed by atoms with Crippen molar-refractivity contribution in [1.82, 2.24) is 10.2 Å². The van der Waals surface area contributed by atoms with Gasteiger partial charge in [0, 0.05) is 29.2 Å². The fourth-order valence-electron chi connectivity index (χ4n) is 4.35. The molecule has 2 fully saturated rings. The second-order valence-electron chi connectivity index (χ2n) is 8.26. The van der Waals surface area contributed by atoms with Crippen LogP contribution in [0.1, 0.15) is 55.8 Å². The van der Waals surface area contributed by atoms with Crippen molar-refractivity contribution in [3.8, 4) is 0 Å². The third-order valence-corrected chi connectivity index (χ3v) is 6.54. The highest BCUT2D eigenvalue weighted by Gasteiger charge is 2.31. The number of ether oxygens (including phenoxy) is 1. The van der Waals surface area contributed by atoms with Crippen LogP contribution in [0.3, 0.4) is 0 Å². The molecular formula is C24H28Cl2N2O2. The van der Waals surface area contributed by atoms with Gasteiger partial charge in [-0.05, 0) is 54.7 Å².